The third-order valence-corrected chi connectivity index (χ3v) is 2.63. The fourth-order valence-electron chi connectivity index (χ4n) is 1.79. The van der Waals surface area contributed by atoms with Crippen molar-refractivity contribution in [2.75, 3.05) is 26.8 Å². The van der Waals surface area contributed by atoms with Crippen molar-refractivity contribution in [3.05, 3.63) is 0 Å². The van der Waals surface area contributed by atoms with E-state index >= 15 is 0 Å². The Morgan fingerprint density at radius 3 is 2.82 bits per heavy atom. The van der Waals surface area contributed by atoms with Gasteiger partial charge in [0.25, 0.3) is 0 Å². The van der Waals surface area contributed by atoms with E-state index in [-0.39, 0.29) is 13.0 Å². The van der Waals surface area contributed by atoms with Crippen LogP contribution >= 0.6 is 0 Å². The van der Waals surface area contributed by atoms with Gasteiger partial charge in [-0.2, -0.15) is 0 Å². The van der Waals surface area contributed by atoms with Gasteiger partial charge in [0.15, 0.2) is 0 Å². The van der Waals surface area contributed by atoms with Gasteiger partial charge in [0.05, 0.1) is 6.10 Å². The molecule has 17 heavy (non-hydrogen) atoms. The minimum Gasteiger partial charge on any atom is -0.480 e. The summed E-state index contributed by atoms with van der Waals surface area (Å²) in [5.41, 5.74) is 0. The van der Waals surface area contributed by atoms with Crippen molar-refractivity contribution in [1.82, 2.24) is 10.2 Å². The predicted octanol–water partition coefficient (Wildman–Crippen LogP) is -0.748. The number of urea groups is 1. The van der Waals surface area contributed by atoms with Crippen LogP contribution in [0.25, 0.3) is 0 Å². The van der Waals surface area contributed by atoms with E-state index in [4.69, 9.17) is 9.84 Å². The van der Waals surface area contributed by atoms with Gasteiger partial charge in [-0.1, -0.05) is 0 Å². The number of hydrogen-bond donors (Lipinski definition) is 3. The molecule has 1 saturated heterocycles. The van der Waals surface area contributed by atoms with Gasteiger partial charge in [-0.3, -0.25) is 0 Å². The van der Waals surface area contributed by atoms with E-state index in [1.807, 2.05) is 0 Å². The zero-order valence-electron chi connectivity index (χ0n) is 9.76. The third kappa shape index (κ3) is 3.86. The fraction of sp³-hybridized carbons (Fsp3) is 0.800. The first-order valence-electron chi connectivity index (χ1n) is 5.50. The van der Waals surface area contributed by atoms with Crippen LogP contribution in [0.2, 0.25) is 0 Å². The Kier molecular flexibility index (Phi) is 5.17. The Balaban J connectivity index is 2.41. The number of β-amino-alcohol motifs (C(OH)–C–C–N with tert-alkyl or cyclic N) is 1. The summed E-state index contributed by atoms with van der Waals surface area (Å²) in [5.74, 6) is -1.09. The van der Waals surface area contributed by atoms with Gasteiger partial charge in [0.1, 0.15) is 6.04 Å². The molecule has 0 radical (unpaired) electrons. The number of aliphatic hydroxyl groups is 1. The number of rotatable bonds is 5. The number of aliphatic carboxylic acids is 1. The molecular weight excluding hydrogens is 228 g/mol. The molecule has 1 heterocycles. The molecule has 2 amide bonds. The average Bonchev–Trinajstić information content (AvgIpc) is 2.66. The molecular formula is C10H18N2O5. The number of carbonyl (C=O) groups excluding carboxylic acids is 1. The molecule has 2 atom stereocenters. The number of amides is 2. The number of nitrogens with zero attached hydrogens (tertiary/aromatic N) is 1. The third-order valence-electron chi connectivity index (χ3n) is 2.63. The van der Waals surface area contributed by atoms with Crippen molar-refractivity contribution < 1.29 is 24.5 Å². The number of methoxy groups -OCH3 is 1. The Morgan fingerprint density at radius 2 is 2.24 bits per heavy atom. The summed E-state index contributed by atoms with van der Waals surface area (Å²) in [4.78, 5) is 23.7. The van der Waals surface area contributed by atoms with Crippen molar-refractivity contribution in [3.63, 3.8) is 0 Å². The topological polar surface area (TPSA) is 99.1 Å². The summed E-state index contributed by atoms with van der Waals surface area (Å²) < 4.78 is 4.83. The molecule has 1 rings (SSSR count). The lowest BCUT2D eigenvalue weighted by atomic mass is 10.2. The quantitative estimate of drug-likeness (QED) is 0.554. The van der Waals surface area contributed by atoms with Crippen LogP contribution in [-0.4, -0.2) is 66.1 Å². The zero-order valence-corrected chi connectivity index (χ0v) is 9.76. The standard InChI is InChI=1S/C10H18N2O5/c1-17-4-2-3-11-10(16)12-6-7(13)5-8(12)9(14)15/h7-8,13H,2-6H2,1H3,(H,11,16)(H,14,15)/t7-,8-/m1/s1. The maximum absolute atomic E-state index is 11.7. The summed E-state index contributed by atoms with van der Waals surface area (Å²) in [6.07, 6.45) is -0.0159. The molecule has 7 heteroatoms. The lowest BCUT2D eigenvalue weighted by Crippen LogP contribution is -2.46. The second-order valence-corrected chi connectivity index (χ2v) is 3.97. The number of hydrogen-bond acceptors (Lipinski definition) is 4. The second-order valence-electron chi connectivity index (χ2n) is 3.97. The number of carboxylic acid groups (broad SMARTS) is 1. The van der Waals surface area contributed by atoms with Gasteiger partial charge in [-0.25, -0.2) is 9.59 Å². The van der Waals surface area contributed by atoms with Crippen LogP contribution in [0.4, 0.5) is 4.79 Å². The summed E-state index contributed by atoms with van der Waals surface area (Å²) in [5, 5.41) is 20.9. The highest BCUT2D eigenvalue weighted by Crippen LogP contribution is 2.17. The molecule has 3 N–H and O–H groups in total. The number of likely N-dealkylation sites (tertiary alicyclic amines) is 1. The van der Waals surface area contributed by atoms with Crippen molar-refractivity contribution in [3.8, 4) is 0 Å². The summed E-state index contributed by atoms with van der Waals surface area (Å²) in [6.45, 7) is 1.02. The highest BCUT2D eigenvalue weighted by molar-refractivity contribution is 5.83. The average molecular weight is 246 g/mol. The summed E-state index contributed by atoms with van der Waals surface area (Å²) >= 11 is 0. The van der Waals surface area contributed by atoms with Gasteiger partial charge >= 0.3 is 12.0 Å². The molecule has 1 fully saturated rings. The maximum atomic E-state index is 11.7. The predicted molar refractivity (Wildman–Crippen MR) is 58.6 cm³/mol. The molecule has 1 aliphatic rings. The molecule has 98 valence electrons. The van der Waals surface area contributed by atoms with Crippen molar-refractivity contribution >= 4 is 12.0 Å². The molecule has 0 aromatic heterocycles. The van der Waals surface area contributed by atoms with Crippen LogP contribution in [0.1, 0.15) is 12.8 Å². The molecule has 7 nitrogen and oxygen atoms in total. The summed E-state index contributed by atoms with van der Waals surface area (Å²) in [6, 6.07) is -1.39. The number of carbonyl (C=O) groups is 2. The summed E-state index contributed by atoms with van der Waals surface area (Å²) in [7, 11) is 1.57. The Bertz CT molecular complexity index is 284. The lowest BCUT2D eigenvalue weighted by molar-refractivity contribution is -0.141. The number of carboxylic acids is 1. The number of ether oxygens (including phenoxy) is 1. The first-order valence-corrected chi connectivity index (χ1v) is 5.50. The van der Waals surface area contributed by atoms with Crippen LogP contribution in [0.15, 0.2) is 0 Å². The molecule has 1 aliphatic heterocycles. The van der Waals surface area contributed by atoms with Crippen LogP contribution in [-0.2, 0) is 9.53 Å². The highest BCUT2D eigenvalue weighted by Gasteiger charge is 2.38. The normalized spacial score (nSPS) is 23.8. The van der Waals surface area contributed by atoms with Gasteiger partial charge in [-0.15, -0.1) is 0 Å². The Hall–Kier alpha value is -1.34. The second kappa shape index (κ2) is 6.41. The van der Waals surface area contributed by atoms with Crippen molar-refractivity contribution in [2.24, 2.45) is 0 Å². The van der Waals surface area contributed by atoms with Gasteiger partial charge < -0.3 is 25.2 Å². The first kappa shape index (κ1) is 13.7. The van der Waals surface area contributed by atoms with E-state index in [1.165, 1.54) is 0 Å². The van der Waals surface area contributed by atoms with E-state index in [0.29, 0.717) is 19.6 Å². The molecule has 0 unspecified atom stereocenters. The van der Waals surface area contributed by atoms with Crippen LogP contribution in [0, 0.1) is 0 Å². The lowest BCUT2D eigenvalue weighted by Gasteiger charge is -2.21. The molecule has 0 aliphatic carbocycles. The maximum Gasteiger partial charge on any atom is 0.326 e. The van der Waals surface area contributed by atoms with Crippen molar-refractivity contribution in [2.45, 2.75) is 25.0 Å². The molecule has 0 saturated carbocycles. The zero-order chi connectivity index (χ0) is 12.8. The largest absolute Gasteiger partial charge is 0.480 e. The monoisotopic (exact) mass is 246 g/mol. The van der Waals surface area contributed by atoms with E-state index in [9.17, 15) is 14.7 Å². The molecule has 0 aromatic carbocycles. The van der Waals surface area contributed by atoms with E-state index in [1.54, 1.807) is 7.11 Å². The number of aliphatic hydroxyl groups excluding tert-OH is 1. The van der Waals surface area contributed by atoms with Gasteiger partial charge in [-0.05, 0) is 6.42 Å². The van der Waals surface area contributed by atoms with Gasteiger partial charge in [0, 0.05) is 33.2 Å². The first-order chi connectivity index (χ1) is 8.06. The Labute approximate surface area is 99.4 Å². The SMILES string of the molecule is COCCCNC(=O)N1C[C@H](O)C[C@@H]1C(=O)O. The van der Waals surface area contributed by atoms with Crippen LogP contribution in [0.3, 0.4) is 0 Å². The van der Waals surface area contributed by atoms with Crippen LogP contribution in [0.5, 0.6) is 0 Å². The fourth-order valence-corrected chi connectivity index (χ4v) is 1.79. The van der Waals surface area contributed by atoms with Crippen molar-refractivity contribution in [1.29, 1.82) is 0 Å². The number of nitrogens with one attached hydrogen (secondary N) is 1. The van der Waals surface area contributed by atoms with Crippen LogP contribution < -0.4 is 5.32 Å². The smallest absolute Gasteiger partial charge is 0.326 e. The minimum atomic E-state index is -1.09. The van der Waals surface area contributed by atoms with E-state index in [2.05, 4.69) is 5.32 Å². The molecule has 0 aromatic rings. The highest BCUT2D eigenvalue weighted by atomic mass is 16.5. The Morgan fingerprint density at radius 1 is 1.53 bits per heavy atom. The molecule has 0 bridgehead atoms. The van der Waals surface area contributed by atoms with E-state index < -0.39 is 24.1 Å². The minimum absolute atomic E-state index is 0.0626. The van der Waals surface area contributed by atoms with Gasteiger partial charge in [0.2, 0.25) is 0 Å². The van der Waals surface area contributed by atoms with E-state index in [0.717, 1.165) is 4.90 Å². The molecule has 0 spiro atoms.